The quantitative estimate of drug-likeness (QED) is 0.935. The highest BCUT2D eigenvalue weighted by Crippen LogP contribution is 2.45. The second-order valence-corrected chi connectivity index (χ2v) is 6.23. The van der Waals surface area contributed by atoms with Crippen molar-refractivity contribution >= 4 is 29.0 Å². The predicted octanol–water partition coefficient (Wildman–Crippen LogP) is 3.56. The summed E-state index contributed by atoms with van der Waals surface area (Å²) in [5, 5.41) is 9.86. The van der Waals surface area contributed by atoms with E-state index in [0.717, 1.165) is 5.56 Å². The van der Waals surface area contributed by atoms with Crippen molar-refractivity contribution < 1.29 is 14.7 Å². The summed E-state index contributed by atoms with van der Waals surface area (Å²) in [7, 11) is 3.68. The van der Waals surface area contributed by atoms with Gasteiger partial charge in [-0.05, 0) is 23.3 Å². The van der Waals surface area contributed by atoms with Gasteiger partial charge in [0.05, 0.1) is 17.1 Å². The number of halogens is 1. The summed E-state index contributed by atoms with van der Waals surface area (Å²) < 4.78 is 0. The average Bonchev–Trinajstić information content (AvgIpc) is 2.50. The Bertz CT molecular complexity index is 814. The van der Waals surface area contributed by atoms with E-state index in [4.69, 9.17) is 11.6 Å². The molecule has 1 aliphatic carbocycles. The summed E-state index contributed by atoms with van der Waals surface area (Å²) >= 11 is 6.33. The van der Waals surface area contributed by atoms with Crippen molar-refractivity contribution in [3.8, 4) is 0 Å². The number of aliphatic carboxylic acids is 1. The maximum atomic E-state index is 12.8. The Hall–Kier alpha value is -2.33. The lowest BCUT2D eigenvalue weighted by Crippen LogP contribution is -2.25. The number of ketones is 1. The molecule has 0 aromatic heterocycles. The molecule has 0 aliphatic heterocycles. The third kappa shape index (κ3) is 2.49. The van der Waals surface area contributed by atoms with Crippen LogP contribution in [-0.2, 0) is 4.79 Å². The number of rotatable bonds is 3. The number of hydrogen-bond acceptors (Lipinski definition) is 3. The molecule has 0 bridgehead atoms. The third-order valence-corrected chi connectivity index (χ3v) is 4.47. The van der Waals surface area contributed by atoms with Gasteiger partial charge in [0.2, 0.25) is 0 Å². The number of fused-ring (bicyclic) bond motifs is 2. The Balaban J connectivity index is 2.34. The molecule has 2 aromatic carbocycles. The van der Waals surface area contributed by atoms with Crippen LogP contribution < -0.4 is 4.90 Å². The van der Waals surface area contributed by atoms with Crippen molar-refractivity contribution in [1.82, 2.24) is 0 Å². The Kier molecular flexibility index (Phi) is 3.86. The normalized spacial score (nSPS) is 15.8. The van der Waals surface area contributed by atoms with Crippen LogP contribution in [0.25, 0.3) is 0 Å². The van der Waals surface area contributed by atoms with E-state index in [2.05, 4.69) is 0 Å². The van der Waals surface area contributed by atoms with Gasteiger partial charge in [-0.25, -0.2) is 0 Å². The van der Waals surface area contributed by atoms with Gasteiger partial charge in [-0.3, -0.25) is 9.59 Å². The van der Waals surface area contributed by atoms with Gasteiger partial charge in [-0.15, -0.1) is 0 Å². The Morgan fingerprint density at radius 1 is 1.17 bits per heavy atom. The molecule has 118 valence electrons. The van der Waals surface area contributed by atoms with E-state index in [1.165, 1.54) is 0 Å². The van der Waals surface area contributed by atoms with Crippen LogP contribution in [0.2, 0.25) is 5.02 Å². The largest absolute Gasteiger partial charge is 0.481 e. The van der Waals surface area contributed by atoms with Gasteiger partial charge in [-0.1, -0.05) is 35.9 Å². The van der Waals surface area contributed by atoms with Gasteiger partial charge in [-0.2, -0.15) is 0 Å². The molecule has 0 fully saturated rings. The highest BCUT2D eigenvalue weighted by Gasteiger charge is 2.35. The number of carbonyl (C=O) groups excluding carboxylic acids is 1. The van der Waals surface area contributed by atoms with Crippen LogP contribution in [0.4, 0.5) is 5.69 Å². The van der Waals surface area contributed by atoms with Crippen LogP contribution in [-0.4, -0.2) is 31.0 Å². The Morgan fingerprint density at radius 2 is 1.87 bits per heavy atom. The van der Waals surface area contributed by atoms with Crippen molar-refractivity contribution in [2.24, 2.45) is 0 Å². The molecule has 4 nitrogen and oxygen atoms in total. The van der Waals surface area contributed by atoms with Crippen LogP contribution in [0.1, 0.15) is 39.4 Å². The fourth-order valence-electron chi connectivity index (χ4n) is 3.28. The van der Waals surface area contributed by atoms with Gasteiger partial charge < -0.3 is 10.0 Å². The zero-order valence-electron chi connectivity index (χ0n) is 12.8. The SMILES string of the molecule is CN(C)c1c(Cl)ccc2c1C(CC(=O)O)c1ccccc1C2=O. The first-order valence-corrected chi connectivity index (χ1v) is 7.64. The molecule has 1 aliphatic rings. The minimum absolute atomic E-state index is 0.0848. The number of nitrogens with zero attached hydrogens (tertiary/aromatic N) is 1. The number of benzene rings is 2. The molecule has 1 atom stereocenters. The van der Waals surface area contributed by atoms with E-state index in [1.807, 2.05) is 31.1 Å². The summed E-state index contributed by atoms with van der Waals surface area (Å²) in [6, 6.07) is 10.6. The molecule has 0 saturated carbocycles. The highest BCUT2D eigenvalue weighted by molar-refractivity contribution is 6.34. The van der Waals surface area contributed by atoms with Crippen LogP contribution >= 0.6 is 11.6 Å². The number of carbonyl (C=O) groups is 2. The molecular formula is C18H16ClNO3. The summed E-state index contributed by atoms with van der Waals surface area (Å²) in [5.74, 6) is -1.39. The zero-order valence-corrected chi connectivity index (χ0v) is 13.6. The number of carboxylic acid groups (broad SMARTS) is 1. The van der Waals surface area contributed by atoms with E-state index < -0.39 is 11.9 Å². The molecule has 23 heavy (non-hydrogen) atoms. The standard InChI is InChI=1S/C18H16ClNO3/c1-20(2)17-14(19)8-7-12-16(17)13(9-15(21)22)10-5-3-4-6-11(10)18(12)23/h3-8,13H,9H2,1-2H3,(H,21,22). The van der Waals surface area contributed by atoms with E-state index in [-0.39, 0.29) is 12.2 Å². The number of hydrogen-bond donors (Lipinski definition) is 1. The van der Waals surface area contributed by atoms with Crippen molar-refractivity contribution in [2.45, 2.75) is 12.3 Å². The first-order valence-electron chi connectivity index (χ1n) is 7.27. The van der Waals surface area contributed by atoms with E-state index in [0.29, 0.717) is 27.4 Å². The van der Waals surface area contributed by atoms with Gasteiger partial charge in [0, 0.05) is 31.1 Å². The molecule has 1 unspecified atom stereocenters. The molecule has 0 amide bonds. The lowest BCUT2D eigenvalue weighted by Gasteiger charge is -2.31. The number of anilines is 1. The lowest BCUT2D eigenvalue weighted by molar-refractivity contribution is -0.137. The van der Waals surface area contributed by atoms with Crippen molar-refractivity contribution in [3.63, 3.8) is 0 Å². The molecule has 0 radical (unpaired) electrons. The molecule has 0 heterocycles. The first kappa shape index (κ1) is 15.6. The zero-order chi connectivity index (χ0) is 16.7. The van der Waals surface area contributed by atoms with E-state index >= 15 is 0 Å². The fraction of sp³-hybridized carbons (Fsp3) is 0.222. The smallest absolute Gasteiger partial charge is 0.304 e. The summed E-state index contributed by atoms with van der Waals surface area (Å²) in [4.78, 5) is 26.1. The average molecular weight is 330 g/mol. The maximum absolute atomic E-state index is 12.8. The van der Waals surface area contributed by atoms with E-state index in [9.17, 15) is 14.7 Å². The topological polar surface area (TPSA) is 57.6 Å². The summed E-state index contributed by atoms with van der Waals surface area (Å²) in [5.41, 5.74) is 3.26. The monoisotopic (exact) mass is 329 g/mol. The fourth-order valence-corrected chi connectivity index (χ4v) is 3.62. The maximum Gasteiger partial charge on any atom is 0.304 e. The molecule has 5 heteroatoms. The van der Waals surface area contributed by atoms with Gasteiger partial charge in [0.1, 0.15) is 0 Å². The molecule has 0 saturated heterocycles. The number of carboxylic acids is 1. The second-order valence-electron chi connectivity index (χ2n) is 5.82. The lowest BCUT2D eigenvalue weighted by atomic mass is 9.75. The molecule has 1 N–H and O–H groups in total. The van der Waals surface area contributed by atoms with Gasteiger partial charge >= 0.3 is 5.97 Å². The molecule has 0 spiro atoms. The molecule has 2 aromatic rings. The van der Waals surface area contributed by atoms with Crippen molar-refractivity contribution in [1.29, 1.82) is 0 Å². The summed E-state index contributed by atoms with van der Waals surface area (Å²) in [6.07, 6.45) is -0.0848. The minimum Gasteiger partial charge on any atom is -0.481 e. The molecule has 3 rings (SSSR count). The predicted molar refractivity (Wildman–Crippen MR) is 89.7 cm³/mol. The van der Waals surface area contributed by atoms with Crippen molar-refractivity contribution in [3.05, 3.63) is 63.7 Å². The third-order valence-electron chi connectivity index (χ3n) is 4.17. The van der Waals surface area contributed by atoms with E-state index in [1.54, 1.807) is 24.3 Å². The highest BCUT2D eigenvalue weighted by atomic mass is 35.5. The first-order chi connectivity index (χ1) is 10.9. The summed E-state index contributed by atoms with van der Waals surface area (Å²) in [6.45, 7) is 0. The van der Waals surface area contributed by atoms with Crippen LogP contribution in [0.3, 0.4) is 0 Å². The minimum atomic E-state index is -0.908. The Morgan fingerprint density at radius 3 is 2.52 bits per heavy atom. The van der Waals surface area contributed by atoms with Crippen LogP contribution in [0.15, 0.2) is 36.4 Å². The van der Waals surface area contributed by atoms with Gasteiger partial charge in [0.15, 0.2) is 5.78 Å². The van der Waals surface area contributed by atoms with Crippen LogP contribution in [0.5, 0.6) is 0 Å². The second kappa shape index (κ2) is 5.70. The Labute approximate surface area is 139 Å². The van der Waals surface area contributed by atoms with Crippen LogP contribution in [0, 0.1) is 0 Å². The molecular weight excluding hydrogens is 314 g/mol. The van der Waals surface area contributed by atoms with Gasteiger partial charge in [0.25, 0.3) is 0 Å². The van der Waals surface area contributed by atoms with Crippen molar-refractivity contribution in [2.75, 3.05) is 19.0 Å².